The van der Waals surface area contributed by atoms with E-state index in [9.17, 15) is 9.59 Å². The number of nitrogens with one attached hydrogen (secondary N) is 2. The zero-order valence-corrected chi connectivity index (χ0v) is 10.7. The van der Waals surface area contributed by atoms with E-state index in [0.29, 0.717) is 30.6 Å². The topological polar surface area (TPSA) is 104 Å². The Balaban J connectivity index is 2.11. The molecule has 1 aliphatic rings. The minimum Gasteiger partial charge on any atom is -0.480 e. The number of rotatable bonds is 7. The number of nitrogens with zero attached hydrogens (tertiary/aromatic N) is 1. The van der Waals surface area contributed by atoms with E-state index in [4.69, 9.17) is 9.84 Å². The summed E-state index contributed by atoms with van der Waals surface area (Å²) in [5.41, 5.74) is -0.268. The van der Waals surface area contributed by atoms with Crippen molar-refractivity contribution >= 4 is 11.8 Å². The van der Waals surface area contributed by atoms with Crippen LogP contribution in [0.3, 0.4) is 0 Å². The van der Waals surface area contributed by atoms with Gasteiger partial charge in [0.1, 0.15) is 17.7 Å². The highest BCUT2D eigenvalue weighted by Gasteiger charge is 2.27. The molecule has 1 saturated carbocycles. The molecule has 0 amide bonds. The van der Waals surface area contributed by atoms with E-state index >= 15 is 0 Å². The lowest BCUT2D eigenvalue weighted by atomic mass is 10.2. The first kappa shape index (κ1) is 13.5. The van der Waals surface area contributed by atoms with Crippen molar-refractivity contribution in [3.63, 3.8) is 0 Å². The second-order valence-corrected chi connectivity index (χ2v) is 4.61. The smallest absolute Gasteiger partial charge is 0.326 e. The molecular weight excluding hydrogens is 250 g/mol. The number of aromatic nitrogens is 2. The molecule has 1 unspecified atom stereocenters. The van der Waals surface area contributed by atoms with Crippen LogP contribution in [0.25, 0.3) is 0 Å². The first-order valence-corrected chi connectivity index (χ1v) is 6.19. The van der Waals surface area contributed by atoms with Crippen LogP contribution in [-0.4, -0.2) is 40.8 Å². The number of hydrogen-bond acceptors (Lipinski definition) is 5. The van der Waals surface area contributed by atoms with E-state index in [1.807, 2.05) is 0 Å². The average molecular weight is 267 g/mol. The molecular formula is C12H17N3O4. The van der Waals surface area contributed by atoms with Crippen LogP contribution in [0.4, 0.5) is 5.82 Å². The van der Waals surface area contributed by atoms with Gasteiger partial charge in [-0.05, 0) is 12.8 Å². The largest absolute Gasteiger partial charge is 0.480 e. The van der Waals surface area contributed by atoms with Crippen molar-refractivity contribution in [1.82, 2.24) is 9.97 Å². The van der Waals surface area contributed by atoms with Crippen molar-refractivity contribution in [2.75, 3.05) is 19.0 Å². The number of methoxy groups -OCH3 is 1. The lowest BCUT2D eigenvalue weighted by Crippen LogP contribution is -2.31. The summed E-state index contributed by atoms with van der Waals surface area (Å²) in [6, 6.07) is 0.454. The van der Waals surface area contributed by atoms with Crippen LogP contribution in [0, 0.1) is 0 Å². The number of carboxylic acid groups (broad SMARTS) is 1. The van der Waals surface area contributed by atoms with Crippen molar-refractivity contribution in [1.29, 1.82) is 0 Å². The standard InChI is InChI=1S/C12H17N3O4/c1-19-5-4-8(12(17)18)13-9-6-10(16)15-11(14-9)7-2-3-7/h6-8H,2-5H2,1H3,(H,17,18)(H2,13,14,15,16). The van der Waals surface area contributed by atoms with E-state index in [-0.39, 0.29) is 5.56 Å². The summed E-state index contributed by atoms with van der Waals surface area (Å²) in [6.45, 7) is 0.322. The summed E-state index contributed by atoms with van der Waals surface area (Å²) in [6.07, 6.45) is 2.33. The second kappa shape index (κ2) is 5.83. The van der Waals surface area contributed by atoms with E-state index < -0.39 is 12.0 Å². The summed E-state index contributed by atoms with van der Waals surface area (Å²) >= 11 is 0. The number of ether oxygens (including phenoxy) is 1. The monoisotopic (exact) mass is 267 g/mol. The molecule has 3 N–H and O–H groups in total. The van der Waals surface area contributed by atoms with Gasteiger partial charge in [-0.2, -0.15) is 0 Å². The van der Waals surface area contributed by atoms with E-state index in [0.717, 1.165) is 12.8 Å². The summed E-state index contributed by atoms with van der Waals surface area (Å²) in [4.78, 5) is 29.5. The van der Waals surface area contributed by atoms with Crippen LogP contribution in [0.15, 0.2) is 10.9 Å². The Kier molecular flexibility index (Phi) is 4.16. The maximum atomic E-state index is 11.5. The van der Waals surface area contributed by atoms with Gasteiger partial charge in [-0.15, -0.1) is 0 Å². The molecule has 7 heteroatoms. The van der Waals surface area contributed by atoms with E-state index in [2.05, 4.69) is 15.3 Å². The van der Waals surface area contributed by atoms with Crippen LogP contribution >= 0.6 is 0 Å². The zero-order valence-electron chi connectivity index (χ0n) is 10.7. The SMILES string of the molecule is COCCC(Nc1cc(=O)[nH]c(C2CC2)n1)C(=O)O. The Morgan fingerprint density at radius 3 is 3.00 bits per heavy atom. The Hall–Kier alpha value is -1.89. The summed E-state index contributed by atoms with van der Waals surface area (Å²) in [5.74, 6) is 0.240. The fourth-order valence-corrected chi connectivity index (χ4v) is 1.77. The first-order chi connectivity index (χ1) is 9.10. The highest BCUT2D eigenvalue weighted by atomic mass is 16.5. The number of carboxylic acids is 1. The molecule has 0 spiro atoms. The molecule has 19 heavy (non-hydrogen) atoms. The average Bonchev–Trinajstić information content (AvgIpc) is 3.17. The lowest BCUT2D eigenvalue weighted by molar-refractivity contribution is -0.138. The van der Waals surface area contributed by atoms with Crippen LogP contribution in [-0.2, 0) is 9.53 Å². The molecule has 2 rings (SSSR count). The number of hydrogen-bond donors (Lipinski definition) is 3. The number of aromatic amines is 1. The third-order valence-corrected chi connectivity index (χ3v) is 2.95. The Morgan fingerprint density at radius 2 is 2.42 bits per heavy atom. The van der Waals surface area contributed by atoms with Crippen LogP contribution < -0.4 is 10.9 Å². The van der Waals surface area contributed by atoms with Gasteiger partial charge in [0, 0.05) is 32.1 Å². The molecule has 7 nitrogen and oxygen atoms in total. The molecule has 0 aromatic carbocycles. The van der Waals surface area contributed by atoms with Crippen molar-refractivity contribution < 1.29 is 14.6 Å². The molecule has 0 aliphatic heterocycles. The fraction of sp³-hybridized carbons (Fsp3) is 0.583. The van der Waals surface area contributed by atoms with Gasteiger partial charge in [-0.25, -0.2) is 9.78 Å². The third kappa shape index (κ3) is 3.78. The van der Waals surface area contributed by atoms with Crippen molar-refractivity contribution in [3.05, 3.63) is 22.2 Å². The Bertz CT molecular complexity index is 510. The van der Waals surface area contributed by atoms with Gasteiger partial charge >= 0.3 is 5.97 Å². The van der Waals surface area contributed by atoms with Gasteiger partial charge in [0.05, 0.1) is 0 Å². The first-order valence-electron chi connectivity index (χ1n) is 6.19. The predicted octanol–water partition coefficient (Wildman–Crippen LogP) is 0.549. The van der Waals surface area contributed by atoms with Crippen molar-refractivity contribution in [2.45, 2.75) is 31.2 Å². The molecule has 1 heterocycles. The number of carbonyl (C=O) groups is 1. The van der Waals surface area contributed by atoms with Gasteiger partial charge in [0.2, 0.25) is 0 Å². The van der Waals surface area contributed by atoms with Crippen LogP contribution in [0.1, 0.15) is 31.0 Å². The van der Waals surface area contributed by atoms with E-state index in [1.54, 1.807) is 0 Å². The van der Waals surface area contributed by atoms with E-state index in [1.165, 1.54) is 13.2 Å². The number of anilines is 1. The predicted molar refractivity (Wildman–Crippen MR) is 68.4 cm³/mol. The minimum atomic E-state index is -0.993. The number of H-pyrrole nitrogens is 1. The summed E-state index contributed by atoms with van der Waals surface area (Å²) in [5, 5.41) is 11.9. The van der Waals surface area contributed by atoms with Crippen molar-refractivity contribution in [3.8, 4) is 0 Å². The van der Waals surface area contributed by atoms with Gasteiger partial charge in [0.25, 0.3) is 5.56 Å². The Morgan fingerprint density at radius 1 is 1.68 bits per heavy atom. The van der Waals surface area contributed by atoms with Gasteiger partial charge in [-0.1, -0.05) is 0 Å². The van der Waals surface area contributed by atoms with Gasteiger partial charge in [-0.3, -0.25) is 4.79 Å². The zero-order chi connectivity index (χ0) is 13.8. The lowest BCUT2D eigenvalue weighted by Gasteiger charge is -2.14. The summed E-state index contributed by atoms with van der Waals surface area (Å²) < 4.78 is 4.86. The van der Waals surface area contributed by atoms with Gasteiger partial charge < -0.3 is 20.1 Å². The van der Waals surface area contributed by atoms with Crippen LogP contribution in [0.2, 0.25) is 0 Å². The highest BCUT2D eigenvalue weighted by molar-refractivity contribution is 5.76. The number of aliphatic carboxylic acids is 1. The van der Waals surface area contributed by atoms with Crippen LogP contribution in [0.5, 0.6) is 0 Å². The highest BCUT2D eigenvalue weighted by Crippen LogP contribution is 2.37. The summed E-state index contributed by atoms with van der Waals surface area (Å²) in [7, 11) is 1.51. The molecule has 0 radical (unpaired) electrons. The molecule has 0 bridgehead atoms. The minimum absolute atomic E-state index is 0.268. The molecule has 0 saturated heterocycles. The van der Waals surface area contributed by atoms with Crippen molar-refractivity contribution in [2.24, 2.45) is 0 Å². The third-order valence-electron chi connectivity index (χ3n) is 2.95. The normalized spacial score (nSPS) is 16.1. The molecule has 104 valence electrons. The maximum Gasteiger partial charge on any atom is 0.326 e. The van der Waals surface area contributed by atoms with Gasteiger partial charge in [0.15, 0.2) is 0 Å². The molecule has 1 aromatic rings. The fourth-order valence-electron chi connectivity index (χ4n) is 1.77. The second-order valence-electron chi connectivity index (χ2n) is 4.61. The maximum absolute atomic E-state index is 11.5. The quantitative estimate of drug-likeness (QED) is 0.666. The molecule has 1 aliphatic carbocycles. The molecule has 1 atom stereocenters. The Labute approximate surface area is 110 Å². The molecule has 1 fully saturated rings. The molecule has 1 aromatic heterocycles.